The molecule has 0 aliphatic heterocycles. The van der Waals surface area contributed by atoms with Gasteiger partial charge in [0.2, 0.25) is 0 Å². The number of hydrogen-bond acceptors (Lipinski definition) is 5. The van der Waals surface area contributed by atoms with E-state index in [9.17, 15) is 23.1 Å². The van der Waals surface area contributed by atoms with Crippen molar-refractivity contribution >= 4 is 17.5 Å². The third kappa shape index (κ3) is 5.19. The molecule has 146 valence electrons. The Morgan fingerprint density at radius 1 is 1.19 bits per heavy atom. The average Bonchev–Trinajstić information content (AvgIpc) is 2.62. The number of aromatic carboxylic acids is 1. The monoisotopic (exact) mass is 380 g/mol. The van der Waals surface area contributed by atoms with Gasteiger partial charge in [-0.2, -0.15) is 13.2 Å². The lowest BCUT2D eigenvalue weighted by molar-refractivity contribution is -0.254. The highest BCUT2D eigenvalue weighted by Gasteiger charge is 2.36. The largest absolute Gasteiger partial charge is 0.545 e. The molecule has 0 fully saturated rings. The SMILES string of the molecule is CCN(CC)CCc1cccc(Nc2ncccc2C(=O)[O-])c1C(F)(F)F. The van der Waals surface area contributed by atoms with Gasteiger partial charge in [0.1, 0.15) is 5.82 Å². The van der Waals surface area contributed by atoms with E-state index >= 15 is 0 Å². The Bertz CT molecular complexity index is 790. The molecule has 1 heterocycles. The van der Waals surface area contributed by atoms with E-state index in [1.54, 1.807) is 0 Å². The molecule has 0 unspecified atom stereocenters. The highest BCUT2D eigenvalue weighted by molar-refractivity contribution is 5.92. The van der Waals surface area contributed by atoms with Crippen molar-refractivity contribution in [3.8, 4) is 0 Å². The zero-order valence-corrected chi connectivity index (χ0v) is 15.1. The first kappa shape index (κ1) is 20.7. The molecule has 2 rings (SSSR count). The molecule has 0 saturated carbocycles. The minimum atomic E-state index is -4.60. The van der Waals surface area contributed by atoms with Crippen LogP contribution >= 0.6 is 0 Å². The number of likely N-dealkylation sites (N-methyl/N-ethyl adjacent to an activating group) is 1. The molecule has 0 spiro atoms. The fraction of sp³-hybridized carbons (Fsp3) is 0.368. The first-order valence-electron chi connectivity index (χ1n) is 8.62. The number of carbonyl (C=O) groups excluding carboxylic acids is 1. The van der Waals surface area contributed by atoms with Gasteiger partial charge in [-0.05, 0) is 43.3 Å². The van der Waals surface area contributed by atoms with E-state index in [0.717, 1.165) is 13.1 Å². The van der Waals surface area contributed by atoms with Crippen LogP contribution in [0.25, 0.3) is 0 Å². The van der Waals surface area contributed by atoms with Gasteiger partial charge in [-0.25, -0.2) is 4.98 Å². The van der Waals surface area contributed by atoms with Crippen LogP contribution in [0.2, 0.25) is 0 Å². The molecule has 0 saturated heterocycles. The third-order valence-corrected chi connectivity index (χ3v) is 4.31. The van der Waals surface area contributed by atoms with Gasteiger partial charge in [-0.15, -0.1) is 0 Å². The number of carboxylic acids is 1. The summed E-state index contributed by atoms with van der Waals surface area (Å²) in [5, 5.41) is 13.7. The van der Waals surface area contributed by atoms with Crippen LogP contribution in [0.1, 0.15) is 35.3 Å². The number of halogens is 3. The number of nitrogens with one attached hydrogen (secondary N) is 1. The van der Waals surface area contributed by atoms with Gasteiger partial charge >= 0.3 is 6.18 Å². The average molecular weight is 380 g/mol. The van der Waals surface area contributed by atoms with Crippen LogP contribution in [0.4, 0.5) is 24.7 Å². The quantitative estimate of drug-likeness (QED) is 0.762. The number of anilines is 2. The summed E-state index contributed by atoms with van der Waals surface area (Å²) in [4.78, 5) is 17.1. The molecule has 5 nitrogen and oxygen atoms in total. The van der Waals surface area contributed by atoms with Crippen molar-refractivity contribution in [3.63, 3.8) is 0 Å². The molecule has 1 aromatic heterocycles. The molecule has 0 bridgehead atoms. The lowest BCUT2D eigenvalue weighted by Crippen LogP contribution is -2.26. The molecular formula is C19H21F3N3O2-. The first-order chi connectivity index (χ1) is 12.8. The summed E-state index contributed by atoms with van der Waals surface area (Å²) in [6.45, 7) is 5.90. The third-order valence-electron chi connectivity index (χ3n) is 4.31. The Morgan fingerprint density at radius 2 is 1.89 bits per heavy atom. The molecule has 8 heteroatoms. The molecule has 1 N–H and O–H groups in total. The number of nitrogens with zero attached hydrogens (tertiary/aromatic N) is 2. The number of alkyl halides is 3. The van der Waals surface area contributed by atoms with Gasteiger partial charge < -0.3 is 20.1 Å². The van der Waals surface area contributed by atoms with Crippen molar-refractivity contribution in [1.82, 2.24) is 9.88 Å². The molecule has 0 aliphatic carbocycles. The van der Waals surface area contributed by atoms with Crippen molar-refractivity contribution in [1.29, 1.82) is 0 Å². The van der Waals surface area contributed by atoms with Crippen LogP contribution < -0.4 is 10.4 Å². The normalized spacial score (nSPS) is 11.6. The lowest BCUT2D eigenvalue weighted by atomic mass is 10.0. The minimum absolute atomic E-state index is 0.144. The van der Waals surface area contributed by atoms with E-state index < -0.39 is 17.7 Å². The second-order valence-electron chi connectivity index (χ2n) is 5.93. The number of pyridine rings is 1. The number of rotatable bonds is 8. The molecule has 0 radical (unpaired) electrons. The molecule has 0 atom stereocenters. The van der Waals surface area contributed by atoms with Crippen molar-refractivity contribution in [2.24, 2.45) is 0 Å². The van der Waals surface area contributed by atoms with Gasteiger partial charge in [-0.3, -0.25) is 0 Å². The summed E-state index contributed by atoms with van der Waals surface area (Å²) in [5.74, 6) is -1.71. The Labute approximate surface area is 155 Å². The van der Waals surface area contributed by atoms with E-state index in [4.69, 9.17) is 0 Å². The highest BCUT2D eigenvalue weighted by atomic mass is 19.4. The smallest absolute Gasteiger partial charge is 0.418 e. The number of carboxylic acid groups (broad SMARTS) is 1. The van der Waals surface area contributed by atoms with Crippen LogP contribution in [0.5, 0.6) is 0 Å². The Hall–Kier alpha value is -2.61. The number of hydrogen-bond donors (Lipinski definition) is 1. The minimum Gasteiger partial charge on any atom is -0.545 e. The van der Waals surface area contributed by atoms with Gasteiger partial charge in [-0.1, -0.05) is 26.0 Å². The Balaban J connectivity index is 2.42. The predicted octanol–water partition coefficient (Wildman–Crippen LogP) is 3.09. The van der Waals surface area contributed by atoms with E-state index in [1.807, 2.05) is 18.7 Å². The number of benzene rings is 1. The zero-order chi connectivity index (χ0) is 20.0. The summed E-state index contributed by atoms with van der Waals surface area (Å²) < 4.78 is 41.3. The fourth-order valence-electron chi connectivity index (χ4n) is 2.86. The molecule has 1 aromatic carbocycles. The molecule has 27 heavy (non-hydrogen) atoms. The molecule has 0 amide bonds. The number of aromatic nitrogens is 1. The van der Waals surface area contributed by atoms with E-state index in [0.29, 0.717) is 6.54 Å². The maximum atomic E-state index is 13.8. The summed E-state index contributed by atoms with van der Waals surface area (Å²) >= 11 is 0. The van der Waals surface area contributed by atoms with Gasteiger partial charge in [0.15, 0.2) is 0 Å². The van der Waals surface area contributed by atoms with Crippen molar-refractivity contribution in [3.05, 3.63) is 53.2 Å². The second-order valence-corrected chi connectivity index (χ2v) is 5.93. The molecule has 0 aliphatic rings. The number of carbonyl (C=O) groups is 1. The van der Waals surface area contributed by atoms with Gasteiger partial charge in [0, 0.05) is 18.3 Å². The predicted molar refractivity (Wildman–Crippen MR) is 94.8 cm³/mol. The molecule has 2 aromatic rings. The summed E-state index contributed by atoms with van der Waals surface area (Å²) in [5.41, 5.74) is -1.21. The highest BCUT2D eigenvalue weighted by Crippen LogP contribution is 2.39. The van der Waals surface area contributed by atoms with Crippen molar-refractivity contribution in [2.45, 2.75) is 26.4 Å². The van der Waals surface area contributed by atoms with Crippen LogP contribution in [-0.2, 0) is 12.6 Å². The van der Waals surface area contributed by atoms with Crippen LogP contribution in [-0.4, -0.2) is 35.5 Å². The standard InChI is InChI=1S/C19H22F3N3O2/c1-3-25(4-2)12-10-13-7-5-9-15(16(13)19(20,21)22)24-17-14(18(26)27)8-6-11-23-17/h5-9,11H,3-4,10,12H2,1-2H3,(H,23,24)(H,26,27)/p-1. The zero-order valence-electron chi connectivity index (χ0n) is 15.1. The maximum Gasteiger partial charge on any atom is 0.418 e. The Kier molecular flexibility index (Phi) is 6.79. The van der Waals surface area contributed by atoms with Gasteiger partial charge in [0.25, 0.3) is 0 Å². The topological polar surface area (TPSA) is 68.3 Å². The lowest BCUT2D eigenvalue weighted by Gasteiger charge is -2.22. The fourth-order valence-corrected chi connectivity index (χ4v) is 2.86. The summed E-state index contributed by atoms with van der Waals surface area (Å²) in [6.07, 6.45) is -3.08. The van der Waals surface area contributed by atoms with Crippen molar-refractivity contribution in [2.75, 3.05) is 25.0 Å². The van der Waals surface area contributed by atoms with Crippen LogP contribution in [0, 0.1) is 0 Å². The summed E-state index contributed by atoms with van der Waals surface area (Å²) in [7, 11) is 0. The van der Waals surface area contributed by atoms with E-state index in [1.165, 1.54) is 36.5 Å². The van der Waals surface area contributed by atoms with E-state index in [-0.39, 0.29) is 29.1 Å². The molecular weight excluding hydrogens is 359 g/mol. The second kappa shape index (κ2) is 8.85. The van der Waals surface area contributed by atoms with Gasteiger partial charge in [0.05, 0.1) is 17.2 Å². The maximum absolute atomic E-state index is 13.8. The Morgan fingerprint density at radius 3 is 2.48 bits per heavy atom. The van der Waals surface area contributed by atoms with E-state index in [2.05, 4.69) is 10.3 Å². The van der Waals surface area contributed by atoms with Crippen LogP contribution in [0.15, 0.2) is 36.5 Å². The van der Waals surface area contributed by atoms with Crippen molar-refractivity contribution < 1.29 is 23.1 Å². The summed E-state index contributed by atoms with van der Waals surface area (Å²) in [6, 6.07) is 6.81. The van der Waals surface area contributed by atoms with Crippen LogP contribution in [0.3, 0.4) is 0 Å². The first-order valence-corrected chi connectivity index (χ1v) is 8.62.